The standard InChI is InChI=1S/C18H24N2O3/c21-17(20-9-3-1-2-4-10-20)19-18(7-8-18)14-5-6-15-16(13-14)23-12-11-22-15/h5-6,13H,1-4,7-12H2,(H,19,21). The molecular weight excluding hydrogens is 292 g/mol. The van der Waals surface area contributed by atoms with E-state index in [0.717, 1.165) is 55.8 Å². The molecule has 0 radical (unpaired) electrons. The molecule has 0 atom stereocenters. The number of rotatable bonds is 2. The number of benzene rings is 1. The fourth-order valence-corrected chi connectivity index (χ4v) is 3.51. The zero-order chi connectivity index (χ0) is 15.7. The molecule has 3 aliphatic rings. The first-order valence-electron chi connectivity index (χ1n) is 8.74. The van der Waals surface area contributed by atoms with Crippen molar-refractivity contribution in [2.45, 2.75) is 44.1 Å². The van der Waals surface area contributed by atoms with E-state index in [9.17, 15) is 4.79 Å². The second-order valence-electron chi connectivity index (χ2n) is 6.77. The first-order valence-corrected chi connectivity index (χ1v) is 8.74. The highest BCUT2D eigenvalue weighted by Gasteiger charge is 2.46. The maximum atomic E-state index is 12.6. The largest absolute Gasteiger partial charge is 0.486 e. The molecule has 1 aromatic rings. The highest BCUT2D eigenvalue weighted by atomic mass is 16.6. The van der Waals surface area contributed by atoms with E-state index in [1.54, 1.807) is 0 Å². The zero-order valence-electron chi connectivity index (χ0n) is 13.5. The number of hydrogen-bond acceptors (Lipinski definition) is 3. The van der Waals surface area contributed by atoms with Gasteiger partial charge in [0.1, 0.15) is 13.2 Å². The summed E-state index contributed by atoms with van der Waals surface area (Å²) in [5, 5.41) is 3.28. The second-order valence-corrected chi connectivity index (χ2v) is 6.77. The molecule has 1 aliphatic carbocycles. The smallest absolute Gasteiger partial charge is 0.318 e. The summed E-state index contributed by atoms with van der Waals surface area (Å²) in [4.78, 5) is 14.6. The minimum absolute atomic E-state index is 0.0827. The van der Waals surface area contributed by atoms with Gasteiger partial charge in [-0.1, -0.05) is 18.9 Å². The van der Waals surface area contributed by atoms with Gasteiger partial charge in [0.05, 0.1) is 5.54 Å². The van der Waals surface area contributed by atoms with Crippen LogP contribution in [0.15, 0.2) is 18.2 Å². The van der Waals surface area contributed by atoms with Gasteiger partial charge in [0.15, 0.2) is 11.5 Å². The van der Waals surface area contributed by atoms with Crippen molar-refractivity contribution in [2.24, 2.45) is 0 Å². The number of nitrogens with one attached hydrogen (secondary N) is 1. The quantitative estimate of drug-likeness (QED) is 0.912. The molecule has 0 bridgehead atoms. The van der Waals surface area contributed by atoms with E-state index in [0.29, 0.717) is 13.2 Å². The molecule has 1 aromatic carbocycles. The van der Waals surface area contributed by atoms with Crippen LogP contribution in [0.3, 0.4) is 0 Å². The van der Waals surface area contributed by atoms with E-state index in [1.165, 1.54) is 12.8 Å². The number of ether oxygens (including phenoxy) is 2. The summed E-state index contributed by atoms with van der Waals surface area (Å²) in [6, 6.07) is 6.13. The van der Waals surface area contributed by atoms with Crippen LogP contribution in [0, 0.1) is 0 Å². The summed E-state index contributed by atoms with van der Waals surface area (Å²) in [6.07, 6.45) is 6.68. The van der Waals surface area contributed by atoms with Crippen molar-refractivity contribution in [1.29, 1.82) is 0 Å². The number of amides is 2. The summed E-state index contributed by atoms with van der Waals surface area (Å²) in [6.45, 7) is 2.94. The van der Waals surface area contributed by atoms with Crippen LogP contribution in [-0.4, -0.2) is 37.2 Å². The summed E-state index contributed by atoms with van der Waals surface area (Å²) >= 11 is 0. The Hall–Kier alpha value is -1.91. The summed E-state index contributed by atoms with van der Waals surface area (Å²) < 4.78 is 11.3. The van der Waals surface area contributed by atoms with Crippen LogP contribution in [0.1, 0.15) is 44.1 Å². The summed E-state index contributed by atoms with van der Waals surface area (Å²) in [7, 11) is 0. The first kappa shape index (κ1) is 14.7. The van der Waals surface area contributed by atoms with Crippen molar-refractivity contribution in [3.63, 3.8) is 0 Å². The number of urea groups is 1. The van der Waals surface area contributed by atoms with E-state index in [2.05, 4.69) is 11.4 Å². The van der Waals surface area contributed by atoms with Gasteiger partial charge in [0, 0.05) is 13.1 Å². The third-order valence-corrected chi connectivity index (χ3v) is 5.08. The monoisotopic (exact) mass is 316 g/mol. The molecule has 2 heterocycles. The van der Waals surface area contributed by atoms with Gasteiger partial charge in [-0.05, 0) is 43.4 Å². The maximum Gasteiger partial charge on any atom is 0.318 e. The van der Waals surface area contributed by atoms with E-state index in [4.69, 9.17) is 9.47 Å². The summed E-state index contributed by atoms with van der Waals surface area (Å²) in [5.41, 5.74) is 0.920. The van der Waals surface area contributed by atoms with Gasteiger partial charge < -0.3 is 19.7 Å². The lowest BCUT2D eigenvalue weighted by molar-refractivity contribution is 0.171. The Bertz CT molecular complexity index is 590. The Morgan fingerprint density at radius 1 is 1.00 bits per heavy atom. The van der Waals surface area contributed by atoms with Gasteiger partial charge in [-0.2, -0.15) is 0 Å². The van der Waals surface area contributed by atoms with Crippen molar-refractivity contribution >= 4 is 6.03 Å². The molecule has 0 spiro atoms. The third-order valence-electron chi connectivity index (χ3n) is 5.08. The zero-order valence-corrected chi connectivity index (χ0v) is 13.5. The van der Waals surface area contributed by atoms with Gasteiger partial charge in [-0.3, -0.25) is 0 Å². The number of nitrogens with zero attached hydrogens (tertiary/aromatic N) is 1. The van der Waals surface area contributed by atoms with E-state index >= 15 is 0 Å². The minimum Gasteiger partial charge on any atom is -0.486 e. The molecule has 5 nitrogen and oxygen atoms in total. The molecule has 2 amide bonds. The van der Waals surface area contributed by atoms with Crippen molar-refractivity contribution in [2.75, 3.05) is 26.3 Å². The molecule has 23 heavy (non-hydrogen) atoms. The number of carbonyl (C=O) groups is 1. The molecule has 1 saturated carbocycles. The Labute approximate surface area is 136 Å². The van der Waals surface area contributed by atoms with E-state index in [1.807, 2.05) is 17.0 Å². The van der Waals surface area contributed by atoms with Crippen LogP contribution in [-0.2, 0) is 5.54 Å². The topological polar surface area (TPSA) is 50.8 Å². The second kappa shape index (κ2) is 5.95. The van der Waals surface area contributed by atoms with Gasteiger partial charge in [0.2, 0.25) is 0 Å². The van der Waals surface area contributed by atoms with Crippen LogP contribution >= 0.6 is 0 Å². The van der Waals surface area contributed by atoms with Crippen LogP contribution in [0.2, 0.25) is 0 Å². The van der Waals surface area contributed by atoms with Crippen molar-refractivity contribution < 1.29 is 14.3 Å². The van der Waals surface area contributed by atoms with Crippen LogP contribution < -0.4 is 14.8 Å². The fraction of sp³-hybridized carbons (Fsp3) is 0.611. The Morgan fingerprint density at radius 3 is 2.39 bits per heavy atom. The van der Waals surface area contributed by atoms with Gasteiger partial charge in [0.25, 0.3) is 0 Å². The average molecular weight is 316 g/mol. The molecule has 2 fully saturated rings. The molecule has 0 aromatic heterocycles. The highest BCUT2D eigenvalue weighted by molar-refractivity contribution is 5.76. The molecule has 5 heteroatoms. The van der Waals surface area contributed by atoms with Crippen LogP contribution in [0.4, 0.5) is 4.79 Å². The molecule has 0 unspecified atom stereocenters. The number of fused-ring (bicyclic) bond motifs is 1. The first-order chi connectivity index (χ1) is 11.3. The molecule has 124 valence electrons. The van der Waals surface area contributed by atoms with E-state index in [-0.39, 0.29) is 11.6 Å². The minimum atomic E-state index is -0.209. The van der Waals surface area contributed by atoms with Gasteiger partial charge in [-0.25, -0.2) is 4.79 Å². The van der Waals surface area contributed by atoms with Crippen LogP contribution in [0.25, 0.3) is 0 Å². The van der Waals surface area contributed by atoms with Gasteiger partial charge in [-0.15, -0.1) is 0 Å². The Morgan fingerprint density at radius 2 is 1.70 bits per heavy atom. The van der Waals surface area contributed by atoms with Crippen molar-refractivity contribution in [3.05, 3.63) is 23.8 Å². The third kappa shape index (κ3) is 2.96. The molecule has 1 N–H and O–H groups in total. The predicted octanol–water partition coefficient (Wildman–Crippen LogP) is 3.03. The lowest BCUT2D eigenvalue weighted by Crippen LogP contribution is -2.45. The number of likely N-dealkylation sites (tertiary alicyclic amines) is 1. The highest BCUT2D eigenvalue weighted by Crippen LogP contribution is 2.48. The van der Waals surface area contributed by atoms with Gasteiger partial charge >= 0.3 is 6.03 Å². The summed E-state index contributed by atoms with van der Waals surface area (Å²) in [5.74, 6) is 1.60. The normalized spacial score (nSPS) is 22.2. The van der Waals surface area contributed by atoms with Crippen molar-refractivity contribution in [1.82, 2.24) is 10.2 Å². The van der Waals surface area contributed by atoms with E-state index < -0.39 is 0 Å². The Kier molecular flexibility index (Phi) is 3.79. The lowest BCUT2D eigenvalue weighted by atomic mass is 10.0. The van der Waals surface area contributed by atoms with Crippen LogP contribution in [0.5, 0.6) is 11.5 Å². The number of hydrogen-bond donors (Lipinski definition) is 1. The molecule has 4 rings (SSSR count). The fourth-order valence-electron chi connectivity index (χ4n) is 3.51. The lowest BCUT2D eigenvalue weighted by Gasteiger charge is -2.26. The predicted molar refractivity (Wildman–Crippen MR) is 86.9 cm³/mol. The number of carbonyl (C=O) groups excluding carboxylic acids is 1. The average Bonchev–Trinajstić information content (AvgIpc) is 3.38. The Balaban J connectivity index is 1.48. The van der Waals surface area contributed by atoms with Crippen molar-refractivity contribution in [3.8, 4) is 11.5 Å². The molecule has 2 aliphatic heterocycles. The molecule has 1 saturated heterocycles. The molecular formula is C18H24N2O3. The SMILES string of the molecule is O=C(NC1(c2ccc3c(c2)OCCO3)CC1)N1CCCCCC1. The maximum absolute atomic E-state index is 12.6.